The summed E-state index contributed by atoms with van der Waals surface area (Å²) < 4.78 is 18.5. The van der Waals surface area contributed by atoms with Gasteiger partial charge in [0.15, 0.2) is 0 Å². The van der Waals surface area contributed by atoms with Crippen LogP contribution in [-0.4, -0.2) is 57.6 Å². The van der Waals surface area contributed by atoms with Crippen LogP contribution in [-0.2, 0) is 28.6 Å². The number of rotatable bonds is 1. The first-order valence-electron chi connectivity index (χ1n) is 14.7. The number of hydrogen-bond acceptors (Lipinski definition) is 8. The van der Waals surface area contributed by atoms with E-state index in [9.17, 15) is 24.6 Å². The normalized spacial score (nSPS) is 55.6. The molecule has 13 atom stereocenters. The molecule has 0 radical (unpaired) electrons. The lowest BCUT2D eigenvalue weighted by atomic mass is 9.54. The van der Waals surface area contributed by atoms with Gasteiger partial charge in [-0.1, -0.05) is 37.3 Å². The van der Waals surface area contributed by atoms with E-state index in [-0.39, 0.29) is 36.6 Å². The number of ether oxygens (including phenoxy) is 3. The Labute approximate surface area is 234 Å². The van der Waals surface area contributed by atoms with Gasteiger partial charge >= 0.3 is 17.9 Å². The Kier molecular flexibility index (Phi) is 5.08. The summed E-state index contributed by atoms with van der Waals surface area (Å²) >= 11 is 0. The fourth-order valence-electron chi connectivity index (χ4n) is 11.0. The molecule has 2 saturated heterocycles. The van der Waals surface area contributed by atoms with E-state index < -0.39 is 69.5 Å². The second-order valence-electron chi connectivity index (χ2n) is 14.5. The Morgan fingerprint density at radius 1 is 1.12 bits per heavy atom. The Morgan fingerprint density at radius 3 is 2.55 bits per heavy atom. The van der Waals surface area contributed by atoms with Crippen LogP contribution in [0.5, 0.6) is 0 Å². The molecule has 5 aliphatic carbocycles. The number of carbonyl (C=O) groups excluding carboxylic acids is 3. The molecule has 0 aromatic rings. The minimum absolute atomic E-state index is 0.180. The summed E-state index contributed by atoms with van der Waals surface area (Å²) in [5.74, 6) is -2.84. The van der Waals surface area contributed by atoms with Gasteiger partial charge in [0.2, 0.25) is 0 Å². The monoisotopic (exact) mass is 552 g/mol. The Balaban J connectivity index is 1.45. The zero-order chi connectivity index (χ0) is 28.8. The van der Waals surface area contributed by atoms with Gasteiger partial charge in [0.25, 0.3) is 0 Å². The van der Waals surface area contributed by atoms with E-state index in [0.717, 1.165) is 5.57 Å². The van der Waals surface area contributed by atoms with Crippen molar-refractivity contribution in [2.24, 2.45) is 45.8 Å². The number of aliphatic hydroxyl groups is 2. The molecule has 3 saturated carbocycles. The van der Waals surface area contributed by atoms with Crippen molar-refractivity contribution in [3.63, 3.8) is 0 Å². The van der Waals surface area contributed by atoms with Crippen LogP contribution in [0.25, 0.3) is 0 Å². The second kappa shape index (κ2) is 7.68. The summed E-state index contributed by atoms with van der Waals surface area (Å²) in [6.45, 7) is 13.1. The summed E-state index contributed by atoms with van der Waals surface area (Å²) in [6, 6.07) is 0. The van der Waals surface area contributed by atoms with E-state index in [1.165, 1.54) is 6.92 Å². The van der Waals surface area contributed by atoms with Crippen molar-refractivity contribution in [1.29, 1.82) is 0 Å². The summed E-state index contributed by atoms with van der Waals surface area (Å²) in [6.07, 6.45) is 6.43. The van der Waals surface area contributed by atoms with Crippen molar-refractivity contribution in [3.8, 4) is 0 Å². The molecule has 2 N–H and O–H groups in total. The molecule has 1 spiro atoms. The van der Waals surface area contributed by atoms with E-state index >= 15 is 0 Å². The molecule has 0 aromatic heterocycles. The van der Waals surface area contributed by atoms with Gasteiger partial charge in [0.1, 0.15) is 18.3 Å². The van der Waals surface area contributed by atoms with Gasteiger partial charge in [-0.2, -0.15) is 0 Å². The maximum Gasteiger partial charge on any atom is 0.334 e. The second-order valence-corrected chi connectivity index (χ2v) is 14.5. The number of fused-ring (bicyclic) bond motifs is 6. The van der Waals surface area contributed by atoms with E-state index in [1.54, 1.807) is 6.92 Å². The van der Waals surface area contributed by atoms with Gasteiger partial charge in [-0.3, -0.25) is 9.59 Å². The van der Waals surface area contributed by atoms with E-state index in [0.29, 0.717) is 24.8 Å². The topological polar surface area (TPSA) is 119 Å². The predicted molar refractivity (Wildman–Crippen MR) is 142 cm³/mol. The molecule has 0 unspecified atom stereocenters. The van der Waals surface area contributed by atoms with Gasteiger partial charge in [0, 0.05) is 53.4 Å². The van der Waals surface area contributed by atoms with Crippen LogP contribution in [0.15, 0.2) is 36.0 Å². The largest absolute Gasteiger partial charge is 0.462 e. The fourth-order valence-corrected chi connectivity index (χ4v) is 11.0. The summed E-state index contributed by atoms with van der Waals surface area (Å²) in [5.41, 5.74) is -3.74. The third-order valence-corrected chi connectivity index (χ3v) is 12.8. The Bertz CT molecular complexity index is 1310. The fraction of sp³-hybridized carbons (Fsp3) is 0.719. The number of hydrogen-bond donors (Lipinski definition) is 2. The molecule has 0 amide bonds. The van der Waals surface area contributed by atoms with Crippen LogP contribution in [0.2, 0.25) is 0 Å². The van der Waals surface area contributed by atoms with Crippen LogP contribution in [0.3, 0.4) is 0 Å². The van der Waals surface area contributed by atoms with Gasteiger partial charge in [-0.15, -0.1) is 0 Å². The lowest BCUT2D eigenvalue weighted by molar-refractivity contribution is -0.165. The lowest BCUT2D eigenvalue weighted by Crippen LogP contribution is -2.53. The highest BCUT2D eigenvalue weighted by atomic mass is 16.6. The first-order chi connectivity index (χ1) is 18.6. The maximum atomic E-state index is 14.5. The predicted octanol–water partition coefficient (Wildman–Crippen LogP) is 3.41. The molecule has 2 bridgehead atoms. The van der Waals surface area contributed by atoms with Crippen molar-refractivity contribution < 1.29 is 38.8 Å². The molecular weight excluding hydrogens is 512 g/mol. The zero-order valence-corrected chi connectivity index (χ0v) is 23.9. The molecular formula is C32H40O8. The zero-order valence-electron chi connectivity index (χ0n) is 23.9. The van der Waals surface area contributed by atoms with Crippen LogP contribution < -0.4 is 0 Å². The minimum Gasteiger partial charge on any atom is -0.462 e. The highest BCUT2D eigenvalue weighted by Crippen LogP contribution is 2.80. The molecule has 8 nitrogen and oxygen atoms in total. The van der Waals surface area contributed by atoms with Gasteiger partial charge in [-0.25, -0.2) is 4.79 Å². The van der Waals surface area contributed by atoms with Crippen molar-refractivity contribution in [2.45, 2.75) is 96.2 Å². The summed E-state index contributed by atoms with van der Waals surface area (Å²) in [5, 5.41) is 24.0. The highest BCUT2D eigenvalue weighted by molar-refractivity contribution is 5.91. The van der Waals surface area contributed by atoms with Crippen molar-refractivity contribution in [3.05, 3.63) is 36.0 Å². The van der Waals surface area contributed by atoms with Gasteiger partial charge in [-0.05, 0) is 46.5 Å². The molecule has 216 valence electrons. The number of carbonyl (C=O) groups is 3. The minimum atomic E-state index is -1.19. The lowest BCUT2D eigenvalue weighted by Gasteiger charge is -2.46. The molecule has 7 aliphatic rings. The number of allylic oxidation sites excluding steroid dienone is 2. The molecule has 2 heterocycles. The number of esters is 3. The highest BCUT2D eigenvalue weighted by Gasteiger charge is 2.84. The molecule has 0 aromatic carbocycles. The quantitative estimate of drug-likeness (QED) is 0.220. The van der Waals surface area contributed by atoms with Crippen molar-refractivity contribution in [1.82, 2.24) is 0 Å². The Morgan fingerprint density at radius 2 is 1.85 bits per heavy atom. The van der Waals surface area contributed by atoms with Crippen LogP contribution in [0.1, 0.15) is 66.7 Å². The third kappa shape index (κ3) is 2.83. The van der Waals surface area contributed by atoms with Crippen LogP contribution >= 0.6 is 0 Å². The standard InChI is InChI=1S/C32H40O8/c1-15-7-8-19-21(15)24-22(20(38-17(3)33)13-29(19,5)36)32(27(35)40-24)14-31-12-11-28(32,4)25(31)23-18(9-10-30(31,6)37)16(2)26(34)39-23/h7,11-12,18-25,36-37H,2,8-10,13-14H2,1,3-6H3/t18-,19-,20-,21-,22+,23-,24+,25-,28-,29-,30-,31+,32+/m1/s1. The van der Waals surface area contributed by atoms with Crippen molar-refractivity contribution >= 4 is 17.9 Å². The average Bonchev–Trinajstić information content (AvgIpc) is 3.56. The van der Waals surface area contributed by atoms with E-state index in [4.69, 9.17) is 14.2 Å². The smallest absolute Gasteiger partial charge is 0.334 e. The first-order valence-corrected chi connectivity index (χ1v) is 14.7. The molecule has 2 aliphatic heterocycles. The van der Waals surface area contributed by atoms with Crippen molar-refractivity contribution in [2.75, 3.05) is 0 Å². The van der Waals surface area contributed by atoms with Crippen LogP contribution in [0.4, 0.5) is 0 Å². The third-order valence-electron chi connectivity index (χ3n) is 12.8. The van der Waals surface area contributed by atoms with Crippen LogP contribution in [0, 0.1) is 45.8 Å². The summed E-state index contributed by atoms with van der Waals surface area (Å²) in [4.78, 5) is 39.9. The average molecular weight is 553 g/mol. The van der Waals surface area contributed by atoms with E-state index in [2.05, 4.69) is 18.7 Å². The van der Waals surface area contributed by atoms with E-state index in [1.807, 2.05) is 26.8 Å². The Hall–Kier alpha value is -2.45. The summed E-state index contributed by atoms with van der Waals surface area (Å²) in [7, 11) is 0. The molecule has 5 fully saturated rings. The van der Waals surface area contributed by atoms with Gasteiger partial charge in [0.05, 0.1) is 22.5 Å². The first kappa shape index (κ1) is 26.4. The molecule has 8 heteroatoms. The molecule has 40 heavy (non-hydrogen) atoms. The maximum absolute atomic E-state index is 14.5. The molecule has 7 rings (SSSR count). The van der Waals surface area contributed by atoms with Gasteiger partial charge < -0.3 is 24.4 Å². The SMILES string of the molecule is C=C1C(=O)O[C@@H]2[C@@H]1CC[C@@](C)(O)[C@]13C=C[C@](C)([C@@H]21)[C@]1(C3)C(=O)O[C@H]2[C@@H]3C(C)=CC[C@H]3[C@](C)(O)C[C@@H](OC(C)=O)[C@@H]21.